The van der Waals surface area contributed by atoms with Gasteiger partial charge in [-0.2, -0.15) is 0 Å². The summed E-state index contributed by atoms with van der Waals surface area (Å²) < 4.78 is 13.0. The summed E-state index contributed by atoms with van der Waals surface area (Å²) in [6.45, 7) is 5.62. The maximum atomic E-state index is 13.0. The number of rotatable bonds is 3. The number of carbonyl (C=O) groups excluding carboxylic acids is 1. The zero-order valence-corrected chi connectivity index (χ0v) is 9.46. The van der Waals surface area contributed by atoms with Gasteiger partial charge < -0.3 is 0 Å². The summed E-state index contributed by atoms with van der Waals surface area (Å²) in [4.78, 5) is 10.6. The number of hydrogen-bond acceptors (Lipinski definition) is 1. The van der Waals surface area contributed by atoms with Gasteiger partial charge in [-0.3, -0.25) is 9.18 Å². The zero-order chi connectivity index (χ0) is 11.5. The molecule has 0 aliphatic heterocycles. The van der Waals surface area contributed by atoms with E-state index in [0.29, 0.717) is 5.56 Å². The van der Waals surface area contributed by atoms with Crippen LogP contribution in [0.2, 0.25) is 0 Å². The van der Waals surface area contributed by atoms with Gasteiger partial charge in [-0.25, -0.2) is 0 Å². The van der Waals surface area contributed by atoms with Crippen LogP contribution in [0.25, 0.3) is 0 Å². The Kier molecular flexibility index (Phi) is 3.61. The number of aldehydes is 1. The third kappa shape index (κ3) is 2.88. The van der Waals surface area contributed by atoms with Crippen LogP contribution in [0.15, 0.2) is 24.3 Å². The van der Waals surface area contributed by atoms with Gasteiger partial charge >= 0.3 is 0 Å². The molecular formula is C13H17FO. The van der Waals surface area contributed by atoms with Crippen LogP contribution < -0.4 is 0 Å². The largest absolute Gasteiger partial charge is 0.298 e. The standard InChI is InChI=1S/C13H17FO/c1-13(2,3)12(8-14)11-6-4-5-10(7-11)9-15/h4-7,9,12H,8H2,1-3H3. The molecule has 1 aromatic rings. The Morgan fingerprint density at radius 2 is 2.07 bits per heavy atom. The highest BCUT2D eigenvalue weighted by atomic mass is 19.1. The Morgan fingerprint density at radius 1 is 1.40 bits per heavy atom. The van der Waals surface area contributed by atoms with Crippen LogP contribution in [0.3, 0.4) is 0 Å². The highest BCUT2D eigenvalue weighted by Gasteiger charge is 2.26. The Morgan fingerprint density at radius 3 is 2.53 bits per heavy atom. The van der Waals surface area contributed by atoms with Crippen LogP contribution in [0.1, 0.15) is 42.6 Å². The van der Waals surface area contributed by atoms with Crippen LogP contribution in [0.5, 0.6) is 0 Å². The van der Waals surface area contributed by atoms with E-state index in [2.05, 4.69) is 0 Å². The van der Waals surface area contributed by atoms with Gasteiger partial charge in [0.15, 0.2) is 0 Å². The van der Waals surface area contributed by atoms with E-state index in [1.54, 1.807) is 18.2 Å². The highest BCUT2D eigenvalue weighted by molar-refractivity contribution is 5.75. The minimum Gasteiger partial charge on any atom is -0.298 e. The van der Waals surface area contributed by atoms with Gasteiger partial charge in [-0.1, -0.05) is 39.0 Å². The molecule has 1 atom stereocenters. The van der Waals surface area contributed by atoms with Gasteiger partial charge in [-0.15, -0.1) is 0 Å². The third-order valence-electron chi connectivity index (χ3n) is 2.65. The lowest BCUT2D eigenvalue weighted by Gasteiger charge is -2.28. The molecule has 0 N–H and O–H groups in total. The summed E-state index contributed by atoms with van der Waals surface area (Å²) in [5, 5.41) is 0. The van der Waals surface area contributed by atoms with Crippen molar-refractivity contribution >= 4 is 6.29 Å². The lowest BCUT2D eigenvalue weighted by molar-refractivity contribution is 0.112. The predicted molar refractivity (Wildman–Crippen MR) is 60.0 cm³/mol. The number of carbonyl (C=O) groups is 1. The average molecular weight is 208 g/mol. The lowest BCUT2D eigenvalue weighted by Crippen LogP contribution is -2.20. The molecule has 0 radical (unpaired) electrons. The number of alkyl halides is 1. The van der Waals surface area contributed by atoms with Crippen LogP contribution >= 0.6 is 0 Å². The summed E-state index contributed by atoms with van der Waals surface area (Å²) >= 11 is 0. The Labute approximate surface area is 90.3 Å². The summed E-state index contributed by atoms with van der Waals surface area (Å²) in [5.74, 6) is -0.155. The first-order valence-electron chi connectivity index (χ1n) is 5.10. The molecule has 0 spiro atoms. The van der Waals surface area contributed by atoms with E-state index < -0.39 is 6.67 Å². The monoisotopic (exact) mass is 208 g/mol. The molecule has 1 unspecified atom stereocenters. The normalized spacial score (nSPS) is 13.6. The second-order valence-electron chi connectivity index (χ2n) is 4.86. The van der Waals surface area contributed by atoms with Crippen molar-refractivity contribution in [1.29, 1.82) is 0 Å². The van der Waals surface area contributed by atoms with E-state index in [4.69, 9.17) is 0 Å². The zero-order valence-electron chi connectivity index (χ0n) is 9.46. The van der Waals surface area contributed by atoms with Crippen LogP contribution in [0.4, 0.5) is 4.39 Å². The number of hydrogen-bond donors (Lipinski definition) is 0. The minimum absolute atomic E-state index is 0.129. The van der Waals surface area contributed by atoms with Crippen molar-refractivity contribution in [1.82, 2.24) is 0 Å². The molecular weight excluding hydrogens is 191 g/mol. The minimum atomic E-state index is -0.397. The van der Waals surface area contributed by atoms with Gasteiger partial charge in [-0.05, 0) is 17.0 Å². The average Bonchev–Trinajstić information content (AvgIpc) is 2.17. The molecule has 0 fully saturated rings. The topological polar surface area (TPSA) is 17.1 Å². The molecule has 0 amide bonds. The fourth-order valence-electron chi connectivity index (χ4n) is 1.67. The maximum Gasteiger partial charge on any atom is 0.150 e. The molecule has 0 aromatic heterocycles. The van der Waals surface area contributed by atoms with Crippen molar-refractivity contribution in [3.05, 3.63) is 35.4 Å². The smallest absolute Gasteiger partial charge is 0.150 e. The summed E-state index contributed by atoms with van der Waals surface area (Å²) in [7, 11) is 0. The Hall–Kier alpha value is -1.18. The molecule has 1 rings (SSSR count). The SMILES string of the molecule is CC(C)(C)C(CF)c1cccc(C=O)c1. The van der Waals surface area contributed by atoms with Crippen LogP contribution in [-0.2, 0) is 0 Å². The van der Waals surface area contributed by atoms with E-state index in [1.165, 1.54) is 0 Å². The number of benzene rings is 1. The molecule has 0 bridgehead atoms. The van der Waals surface area contributed by atoms with Crippen molar-refractivity contribution in [2.75, 3.05) is 6.67 Å². The first-order chi connectivity index (χ1) is 6.99. The second kappa shape index (κ2) is 4.56. The van der Waals surface area contributed by atoms with Crippen molar-refractivity contribution in [3.63, 3.8) is 0 Å². The fourth-order valence-corrected chi connectivity index (χ4v) is 1.67. The Balaban J connectivity index is 3.07. The Bertz CT molecular complexity index is 339. The first kappa shape index (κ1) is 11.9. The summed E-state index contributed by atoms with van der Waals surface area (Å²) in [6, 6.07) is 7.17. The van der Waals surface area contributed by atoms with E-state index in [1.807, 2.05) is 26.8 Å². The van der Waals surface area contributed by atoms with Gasteiger partial charge in [0.2, 0.25) is 0 Å². The molecule has 0 heterocycles. The molecule has 0 aliphatic rings. The summed E-state index contributed by atoms with van der Waals surface area (Å²) in [5.41, 5.74) is 1.38. The van der Waals surface area contributed by atoms with Crippen LogP contribution in [-0.4, -0.2) is 13.0 Å². The first-order valence-corrected chi connectivity index (χ1v) is 5.10. The van der Waals surface area contributed by atoms with E-state index in [9.17, 15) is 9.18 Å². The fraction of sp³-hybridized carbons (Fsp3) is 0.462. The molecule has 82 valence electrons. The quantitative estimate of drug-likeness (QED) is 0.694. The second-order valence-corrected chi connectivity index (χ2v) is 4.86. The van der Waals surface area contributed by atoms with Crippen molar-refractivity contribution in [2.24, 2.45) is 5.41 Å². The molecule has 15 heavy (non-hydrogen) atoms. The lowest BCUT2D eigenvalue weighted by atomic mass is 9.77. The maximum absolute atomic E-state index is 13.0. The van der Waals surface area contributed by atoms with Gasteiger partial charge in [0.1, 0.15) is 6.29 Å². The van der Waals surface area contributed by atoms with E-state index in [-0.39, 0.29) is 11.3 Å². The van der Waals surface area contributed by atoms with Crippen molar-refractivity contribution in [3.8, 4) is 0 Å². The predicted octanol–water partition coefficient (Wildman–Crippen LogP) is 3.60. The van der Waals surface area contributed by atoms with Crippen molar-refractivity contribution < 1.29 is 9.18 Å². The van der Waals surface area contributed by atoms with E-state index >= 15 is 0 Å². The molecule has 1 nitrogen and oxygen atoms in total. The molecule has 0 aliphatic carbocycles. The van der Waals surface area contributed by atoms with Crippen molar-refractivity contribution in [2.45, 2.75) is 26.7 Å². The van der Waals surface area contributed by atoms with E-state index in [0.717, 1.165) is 11.8 Å². The molecule has 0 saturated carbocycles. The molecule has 1 aromatic carbocycles. The number of halogens is 1. The molecule has 2 heteroatoms. The van der Waals surface area contributed by atoms with Gasteiger partial charge in [0.05, 0.1) is 6.67 Å². The third-order valence-corrected chi connectivity index (χ3v) is 2.65. The van der Waals surface area contributed by atoms with Gasteiger partial charge in [0.25, 0.3) is 0 Å². The molecule has 0 saturated heterocycles. The van der Waals surface area contributed by atoms with Crippen LogP contribution in [0, 0.1) is 5.41 Å². The summed E-state index contributed by atoms with van der Waals surface area (Å²) in [6.07, 6.45) is 0.793. The highest BCUT2D eigenvalue weighted by Crippen LogP contribution is 2.35. The van der Waals surface area contributed by atoms with Gasteiger partial charge in [0, 0.05) is 11.5 Å².